The van der Waals surface area contributed by atoms with Crippen LogP contribution in [0.4, 0.5) is 0 Å². The van der Waals surface area contributed by atoms with Crippen molar-refractivity contribution < 1.29 is 24.5 Å². The Bertz CT molecular complexity index is 1210. The second-order valence-corrected chi connectivity index (χ2v) is 6.15. The molecular weight excluding hydrogens is 374 g/mol. The molecular formula is C21H15N3O5. The molecule has 8 heteroatoms. The summed E-state index contributed by atoms with van der Waals surface area (Å²) in [6.45, 7) is 0. The van der Waals surface area contributed by atoms with Gasteiger partial charge < -0.3 is 19.7 Å². The smallest absolute Gasteiger partial charge is 0.272 e. The highest BCUT2D eigenvalue weighted by Crippen LogP contribution is 2.30. The molecule has 0 saturated heterocycles. The minimum absolute atomic E-state index is 0.0426. The van der Waals surface area contributed by atoms with Crippen LogP contribution in [0, 0.1) is 0 Å². The molecule has 0 saturated carbocycles. The van der Waals surface area contributed by atoms with E-state index in [1.54, 1.807) is 36.4 Å². The van der Waals surface area contributed by atoms with Crippen LogP contribution in [-0.4, -0.2) is 32.4 Å². The number of nitrogens with zero attached hydrogens (tertiary/aromatic N) is 2. The lowest BCUT2D eigenvalue weighted by Crippen LogP contribution is -2.18. The van der Waals surface area contributed by atoms with Crippen LogP contribution >= 0.6 is 0 Å². The van der Waals surface area contributed by atoms with Crippen molar-refractivity contribution in [2.45, 2.75) is 0 Å². The van der Waals surface area contributed by atoms with Crippen LogP contribution in [0.1, 0.15) is 15.9 Å². The van der Waals surface area contributed by atoms with Gasteiger partial charge in [0.25, 0.3) is 5.91 Å². The van der Waals surface area contributed by atoms with Crippen LogP contribution in [0.2, 0.25) is 0 Å². The fourth-order valence-corrected chi connectivity index (χ4v) is 2.87. The summed E-state index contributed by atoms with van der Waals surface area (Å²) in [5, 5.41) is 33.4. The Hall–Kier alpha value is -4.33. The van der Waals surface area contributed by atoms with Crippen molar-refractivity contribution in [2.75, 3.05) is 0 Å². The van der Waals surface area contributed by atoms with Crippen molar-refractivity contribution in [1.29, 1.82) is 0 Å². The number of rotatable bonds is 4. The van der Waals surface area contributed by atoms with Gasteiger partial charge in [0, 0.05) is 17.5 Å². The summed E-state index contributed by atoms with van der Waals surface area (Å²) in [4.78, 5) is 17.3. The first-order valence-electron chi connectivity index (χ1n) is 8.55. The fourth-order valence-electron chi connectivity index (χ4n) is 2.87. The van der Waals surface area contributed by atoms with Crippen molar-refractivity contribution in [3.05, 3.63) is 72.0 Å². The number of hydrogen-bond acceptors (Lipinski definition) is 7. The molecule has 0 unspecified atom stereocenters. The third-order valence-corrected chi connectivity index (χ3v) is 4.22. The molecule has 1 amide bonds. The van der Waals surface area contributed by atoms with E-state index in [-0.39, 0.29) is 22.8 Å². The Kier molecular flexibility index (Phi) is 4.58. The SMILES string of the molecule is O=C(N/N=C/c1c(O)cc(O)cc1O)c1cc(-c2ccco2)nc2ccccc12. The van der Waals surface area contributed by atoms with Gasteiger partial charge in [0.1, 0.15) is 22.9 Å². The standard InChI is InChI=1S/C21H15N3O5/c25-12-8-18(26)15(19(27)9-12)11-22-24-21(28)14-10-17(20-6-3-7-29-20)23-16-5-2-1-4-13(14)16/h1-11,25-27H,(H,24,28)/b22-11+. The summed E-state index contributed by atoms with van der Waals surface area (Å²) in [5.74, 6) is -1.04. The van der Waals surface area contributed by atoms with Crippen LogP contribution in [0.5, 0.6) is 17.2 Å². The molecule has 29 heavy (non-hydrogen) atoms. The molecule has 8 nitrogen and oxygen atoms in total. The van der Waals surface area contributed by atoms with Crippen LogP contribution in [0.15, 0.2) is 70.4 Å². The van der Waals surface area contributed by atoms with E-state index in [9.17, 15) is 20.1 Å². The van der Waals surface area contributed by atoms with Gasteiger partial charge in [-0.3, -0.25) is 4.79 Å². The number of hydrogen-bond donors (Lipinski definition) is 4. The van der Waals surface area contributed by atoms with Gasteiger partial charge in [-0.25, -0.2) is 10.4 Å². The van der Waals surface area contributed by atoms with E-state index >= 15 is 0 Å². The zero-order valence-corrected chi connectivity index (χ0v) is 14.9. The second kappa shape index (κ2) is 7.35. The third kappa shape index (κ3) is 3.59. The first-order chi connectivity index (χ1) is 14.0. The number of para-hydroxylation sites is 1. The first kappa shape index (κ1) is 18.1. The zero-order chi connectivity index (χ0) is 20.4. The lowest BCUT2D eigenvalue weighted by atomic mass is 10.1. The van der Waals surface area contributed by atoms with E-state index < -0.39 is 5.91 Å². The molecule has 4 N–H and O–H groups in total. The minimum Gasteiger partial charge on any atom is -0.508 e. The summed E-state index contributed by atoms with van der Waals surface area (Å²) >= 11 is 0. The van der Waals surface area contributed by atoms with E-state index in [4.69, 9.17) is 4.42 Å². The predicted molar refractivity (Wildman–Crippen MR) is 106 cm³/mol. The molecule has 0 bridgehead atoms. The van der Waals surface area contributed by atoms with E-state index in [1.807, 2.05) is 6.07 Å². The number of furan rings is 1. The summed E-state index contributed by atoms with van der Waals surface area (Å²) in [5.41, 5.74) is 3.77. The number of benzene rings is 2. The molecule has 2 heterocycles. The van der Waals surface area contributed by atoms with Crippen LogP contribution in [-0.2, 0) is 0 Å². The lowest BCUT2D eigenvalue weighted by molar-refractivity contribution is 0.0956. The maximum absolute atomic E-state index is 12.7. The summed E-state index contributed by atoms with van der Waals surface area (Å²) < 4.78 is 5.38. The van der Waals surface area contributed by atoms with Crippen LogP contribution in [0.25, 0.3) is 22.4 Å². The number of phenols is 3. The van der Waals surface area contributed by atoms with Gasteiger partial charge in [-0.15, -0.1) is 0 Å². The monoisotopic (exact) mass is 389 g/mol. The maximum atomic E-state index is 12.7. The number of carbonyl (C=O) groups is 1. The highest BCUT2D eigenvalue weighted by molar-refractivity contribution is 6.07. The average Bonchev–Trinajstić information content (AvgIpc) is 3.24. The number of fused-ring (bicyclic) bond motifs is 1. The quantitative estimate of drug-likeness (QED) is 0.313. The lowest BCUT2D eigenvalue weighted by Gasteiger charge is -2.08. The molecule has 0 aliphatic carbocycles. The van der Waals surface area contributed by atoms with Crippen molar-refractivity contribution >= 4 is 23.0 Å². The molecule has 2 aromatic heterocycles. The number of hydrazone groups is 1. The molecule has 4 aromatic rings. The fraction of sp³-hybridized carbons (Fsp3) is 0. The Labute approximate surface area is 164 Å². The molecule has 4 rings (SSSR count). The van der Waals surface area contributed by atoms with E-state index in [0.29, 0.717) is 27.9 Å². The highest BCUT2D eigenvalue weighted by atomic mass is 16.3. The minimum atomic E-state index is -0.509. The largest absolute Gasteiger partial charge is 0.508 e. The molecule has 0 spiro atoms. The van der Waals surface area contributed by atoms with Crippen LogP contribution in [0.3, 0.4) is 0 Å². The molecule has 0 radical (unpaired) electrons. The van der Waals surface area contributed by atoms with E-state index in [2.05, 4.69) is 15.5 Å². The number of aromatic nitrogens is 1. The molecule has 0 fully saturated rings. The van der Waals surface area contributed by atoms with Crippen molar-refractivity contribution in [1.82, 2.24) is 10.4 Å². The zero-order valence-electron chi connectivity index (χ0n) is 14.9. The van der Waals surface area contributed by atoms with Gasteiger partial charge in [0.2, 0.25) is 0 Å². The van der Waals surface area contributed by atoms with E-state index in [0.717, 1.165) is 18.3 Å². The predicted octanol–water partition coefficient (Wildman–Crippen LogP) is 3.38. The van der Waals surface area contributed by atoms with Crippen molar-refractivity contribution in [3.8, 4) is 28.7 Å². The number of phenolic OH excluding ortho intramolecular Hbond substituents is 3. The summed E-state index contributed by atoms with van der Waals surface area (Å²) in [7, 11) is 0. The van der Waals surface area contributed by atoms with Gasteiger partial charge >= 0.3 is 0 Å². The first-order valence-corrected chi connectivity index (χ1v) is 8.55. The normalized spacial score (nSPS) is 11.2. The number of aromatic hydroxyl groups is 3. The number of nitrogens with one attached hydrogen (secondary N) is 1. The van der Waals surface area contributed by atoms with Gasteiger partial charge in [-0.05, 0) is 24.3 Å². The highest BCUT2D eigenvalue weighted by Gasteiger charge is 2.15. The average molecular weight is 389 g/mol. The van der Waals surface area contributed by atoms with Crippen LogP contribution < -0.4 is 5.43 Å². The van der Waals surface area contributed by atoms with E-state index in [1.165, 1.54) is 6.26 Å². The second-order valence-electron chi connectivity index (χ2n) is 6.15. The van der Waals surface area contributed by atoms with Gasteiger partial charge in [0.05, 0.1) is 29.1 Å². The maximum Gasteiger partial charge on any atom is 0.272 e. The van der Waals surface area contributed by atoms with Crippen molar-refractivity contribution in [3.63, 3.8) is 0 Å². The number of pyridine rings is 1. The topological polar surface area (TPSA) is 128 Å². The summed E-state index contributed by atoms with van der Waals surface area (Å²) in [6.07, 6.45) is 2.60. The Morgan fingerprint density at radius 2 is 1.79 bits per heavy atom. The molecule has 144 valence electrons. The van der Waals surface area contributed by atoms with Crippen molar-refractivity contribution in [2.24, 2.45) is 5.10 Å². The van der Waals surface area contributed by atoms with Gasteiger partial charge in [0.15, 0.2) is 5.76 Å². The Morgan fingerprint density at radius 1 is 1.03 bits per heavy atom. The van der Waals surface area contributed by atoms with Gasteiger partial charge in [-0.2, -0.15) is 5.10 Å². The molecule has 0 aliphatic rings. The Morgan fingerprint density at radius 3 is 2.52 bits per heavy atom. The molecule has 2 aromatic carbocycles. The Balaban J connectivity index is 1.67. The molecule has 0 atom stereocenters. The third-order valence-electron chi connectivity index (χ3n) is 4.22. The molecule has 0 aliphatic heterocycles. The van der Waals surface area contributed by atoms with Gasteiger partial charge in [-0.1, -0.05) is 18.2 Å². The summed E-state index contributed by atoms with van der Waals surface area (Å²) in [6, 6.07) is 14.3. The number of amides is 1. The number of carbonyl (C=O) groups excluding carboxylic acids is 1.